The Labute approximate surface area is 134 Å². The average molecular weight is 315 g/mol. The maximum absolute atomic E-state index is 12.3. The molecule has 0 unspecified atom stereocenters. The lowest BCUT2D eigenvalue weighted by Crippen LogP contribution is -2.29. The van der Waals surface area contributed by atoms with E-state index in [2.05, 4.69) is 10.3 Å². The van der Waals surface area contributed by atoms with Crippen LogP contribution >= 0.6 is 0 Å². The number of carbonyl (C=O) groups excluding carboxylic acids is 2. The Hall–Kier alpha value is -2.63. The lowest BCUT2D eigenvalue weighted by molar-refractivity contribution is 0.0879. The van der Waals surface area contributed by atoms with Crippen molar-refractivity contribution >= 4 is 11.8 Å². The van der Waals surface area contributed by atoms with E-state index in [9.17, 15) is 9.59 Å². The molecule has 23 heavy (non-hydrogen) atoms. The lowest BCUT2D eigenvalue weighted by Gasteiger charge is -2.07. The zero-order valence-electron chi connectivity index (χ0n) is 13.4. The fourth-order valence-electron chi connectivity index (χ4n) is 2.07. The van der Waals surface area contributed by atoms with Crippen molar-refractivity contribution in [2.45, 2.75) is 32.7 Å². The van der Waals surface area contributed by atoms with Crippen molar-refractivity contribution in [3.8, 4) is 0 Å². The van der Waals surface area contributed by atoms with Crippen LogP contribution in [0.15, 0.2) is 52.2 Å². The Morgan fingerprint density at radius 3 is 2.78 bits per heavy atom. The molecule has 0 spiro atoms. The van der Waals surface area contributed by atoms with Gasteiger partial charge in [-0.05, 0) is 44.5 Å². The van der Waals surface area contributed by atoms with Gasteiger partial charge >= 0.3 is 0 Å². The molecule has 1 N–H and O–H groups in total. The lowest BCUT2D eigenvalue weighted by atomic mass is 10.2. The molecule has 6 nitrogen and oxygen atoms in total. The number of furan rings is 1. The summed E-state index contributed by atoms with van der Waals surface area (Å²) in [5.74, 6) is -0.0469. The first-order valence-electron chi connectivity index (χ1n) is 7.64. The molecule has 2 rings (SSSR count). The van der Waals surface area contributed by atoms with Crippen LogP contribution in [-0.2, 0) is 0 Å². The summed E-state index contributed by atoms with van der Waals surface area (Å²) in [7, 11) is 0. The standard InChI is InChI=1S/C17H21N3O3/c1-13(2)19-15-8-3-4-11-20(15)16(21)9-5-10-18-17(22)14-7-6-12-23-14/h3-4,6-8,11-13H,5,9-10H2,1-2H3,(H,18,22). The Morgan fingerprint density at radius 2 is 2.09 bits per heavy atom. The minimum atomic E-state index is -0.273. The topological polar surface area (TPSA) is 76.6 Å². The Kier molecular flexibility index (Phi) is 5.91. The Bertz CT molecular complexity index is 715. The highest BCUT2D eigenvalue weighted by molar-refractivity contribution is 5.91. The fraction of sp³-hybridized carbons (Fsp3) is 0.353. The molecule has 0 saturated heterocycles. The molecule has 2 aromatic heterocycles. The Morgan fingerprint density at radius 1 is 1.26 bits per heavy atom. The summed E-state index contributed by atoms with van der Waals surface area (Å²) >= 11 is 0. The molecule has 6 heteroatoms. The SMILES string of the molecule is CC(C)N=c1ccccn1C(=O)CCCNC(=O)c1ccco1. The number of amides is 1. The van der Waals surface area contributed by atoms with Gasteiger partial charge in [-0.15, -0.1) is 0 Å². The normalized spacial score (nSPS) is 11.7. The minimum absolute atomic E-state index is 0.0442. The number of pyridine rings is 1. The van der Waals surface area contributed by atoms with E-state index in [1.54, 1.807) is 29.0 Å². The highest BCUT2D eigenvalue weighted by atomic mass is 16.3. The molecular formula is C17H21N3O3. The van der Waals surface area contributed by atoms with Gasteiger partial charge in [-0.1, -0.05) is 6.07 Å². The summed E-state index contributed by atoms with van der Waals surface area (Å²) in [5.41, 5.74) is 0.645. The van der Waals surface area contributed by atoms with Gasteiger partial charge in [0.15, 0.2) is 5.76 Å². The van der Waals surface area contributed by atoms with E-state index in [4.69, 9.17) is 4.42 Å². The van der Waals surface area contributed by atoms with Gasteiger partial charge in [-0.25, -0.2) is 0 Å². The molecule has 1 amide bonds. The second-order valence-corrected chi connectivity index (χ2v) is 5.38. The van der Waals surface area contributed by atoms with Crippen LogP contribution < -0.4 is 10.8 Å². The van der Waals surface area contributed by atoms with Crippen LogP contribution in [-0.4, -0.2) is 29.0 Å². The first-order valence-corrected chi connectivity index (χ1v) is 7.64. The number of aromatic nitrogens is 1. The van der Waals surface area contributed by atoms with Crippen molar-refractivity contribution in [1.82, 2.24) is 9.88 Å². The third-order valence-electron chi connectivity index (χ3n) is 3.10. The van der Waals surface area contributed by atoms with E-state index < -0.39 is 0 Å². The molecule has 0 bridgehead atoms. The van der Waals surface area contributed by atoms with Gasteiger partial charge in [0, 0.05) is 25.2 Å². The number of hydrogen-bond acceptors (Lipinski definition) is 4. The van der Waals surface area contributed by atoms with E-state index in [1.165, 1.54) is 6.26 Å². The van der Waals surface area contributed by atoms with E-state index in [1.807, 2.05) is 26.0 Å². The molecule has 0 aliphatic heterocycles. The number of rotatable bonds is 6. The van der Waals surface area contributed by atoms with Gasteiger partial charge in [0.1, 0.15) is 5.49 Å². The first kappa shape index (κ1) is 16.7. The van der Waals surface area contributed by atoms with E-state index >= 15 is 0 Å². The van der Waals surface area contributed by atoms with Crippen LogP contribution in [0, 0.1) is 0 Å². The van der Waals surface area contributed by atoms with Crippen LogP contribution in [0.25, 0.3) is 0 Å². The number of nitrogens with zero attached hydrogens (tertiary/aromatic N) is 2. The molecule has 122 valence electrons. The van der Waals surface area contributed by atoms with Crippen LogP contribution in [0.1, 0.15) is 42.0 Å². The van der Waals surface area contributed by atoms with Gasteiger partial charge in [-0.2, -0.15) is 0 Å². The number of nitrogens with one attached hydrogen (secondary N) is 1. The van der Waals surface area contributed by atoms with Crippen molar-refractivity contribution in [3.05, 3.63) is 54.0 Å². The molecule has 0 radical (unpaired) electrons. The molecule has 2 heterocycles. The average Bonchev–Trinajstić information content (AvgIpc) is 3.05. The maximum atomic E-state index is 12.3. The summed E-state index contributed by atoms with van der Waals surface area (Å²) in [5, 5.41) is 2.72. The van der Waals surface area contributed by atoms with E-state index in [0.29, 0.717) is 24.9 Å². The number of carbonyl (C=O) groups is 2. The van der Waals surface area contributed by atoms with Crippen molar-refractivity contribution in [3.63, 3.8) is 0 Å². The maximum Gasteiger partial charge on any atom is 0.286 e. The van der Waals surface area contributed by atoms with Crippen LogP contribution in [0.5, 0.6) is 0 Å². The van der Waals surface area contributed by atoms with Crippen LogP contribution in [0.4, 0.5) is 0 Å². The highest BCUT2D eigenvalue weighted by Crippen LogP contribution is 2.00. The summed E-state index contributed by atoms with van der Waals surface area (Å²) in [6.07, 6.45) is 4.04. The predicted molar refractivity (Wildman–Crippen MR) is 86.0 cm³/mol. The van der Waals surface area contributed by atoms with Gasteiger partial charge in [-0.3, -0.25) is 19.1 Å². The summed E-state index contributed by atoms with van der Waals surface area (Å²) in [4.78, 5) is 28.4. The largest absolute Gasteiger partial charge is 0.459 e. The monoisotopic (exact) mass is 315 g/mol. The Balaban J connectivity index is 1.87. The summed E-state index contributed by atoms with van der Waals surface area (Å²) in [6, 6.07) is 8.84. The molecule has 0 aliphatic rings. The molecule has 0 aliphatic carbocycles. The van der Waals surface area contributed by atoms with Crippen LogP contribution in [0.3, 0.4) is 0 Å². The fourth-order valence-corrected chi connectivity index (χ4v) is 2.07. The van der Waals surface area contributed by atoms with E-state index in [0.717, 1.165) is 0 Å². The first-order chi connectivity index (χ1) is 11.1. The molecular weight excluding hydrogens is 294 g/mol. The smallest absolute Gasteiger partial charge is 0.286 e. The molecule has 2 aromatic rings. The minimum Gasteiger partial charge on any atom is -0.459 e. The van der Waals surface area contributed by atoms with E-state index in [-0.39, 0.29) is 23.6 Å². The highest BCUT2D eigenvalue weighted by Gasteiger charge is 2.09. The van der Waals surface area contributed by atoms with Crippen molar-refractivity contribution in [1.29, 1.82) is 0 Å². The van der Waals surface area contributed by atoms with Gasteiger partial charge in [0.05, 0.1) is 6.26 Å². The molecule has 0 atom stereocenters. The van der Waals surface area contributed by atoms with Crippen molar-refractivity contribution in [2.24, 2.45) is 4.99 Å². The second kappa shape index (κ2) is 8.12. The number of hydrogen-bond donors (Lipinski definition) is 1. The molecule has 0 fully saturated rings. The van der Waals surface area contributed by atoms with Gasteiger partial charge < -0.3 is 9.73 Å². The third-order valence-corrected chi connectivity index (χ3v) is 3.10. The van der Waals surface area contributed by atoms with Gasteiger partial charge in [0.25, 0.3) is 5.91 Å². The van der Waals surface area contributed by atoms with Crippen molar-refractivity contribution in [2.75, 3.05) is 6.54 Å². The third kappa shape index (κ3) is 4.95. The zero-order valence-corrected chi connectivity index (χ0v) is 13.4. The second-order valence-electron chi connectivity index (χ2n) is 5.38. The zero-order chi connectivity index (χ0) is 16.7. The van der Waals surface area contributed by atoms with Crippen molar-refractivity contribution < 1.29 is 14.0 Å². The molecule has 0 saturated carbocycles. The van der Waals surface area contributed by atoms with Crippen LogP contribution in [0.2, 0.25) is 0 Å². The molecule has 0 aromatic carbocycles. The van der Waals surface area contributed by atoms with Gasteiger partial charge in [0.2, 0.25) is 5.91 Å². The quantitative estimate of drug-likeness (QED) is 0.831. The predicted octanol–water partition coefficient (Wildman–Crippen LogP) is 2.24. The summed E-state index contributed by atoms with van der Waals surface area (Å²) < 4.78 is 6.55. The summed E-state index contributed by atoms with van der Waals surface area (Å²) in [6.45, 7) is 4.34.